The van der Waals surface area contributed by atoms with Crippen molar-refractivity contribution in [3.05, 3.63) is 12.8 Å². The summed E-state index contributed by atoms with van der Waals surface area (Å²) in [4.78, 5) is 0. The van der Waals surface area contributed by atoms with Gasteiger partial charge in [-0.2, -0.15) is 8.78 Å². The third-order valence-corrected chi connectivity index (χ3v) is 0.330. The van der Waals surface area contributed by atoms with Crippen LogP contribution in [0.5, 0.6) is 0 Å². The van der Waals surface area contributed by atoms with Gasteiger partial charge in [0.1, 0.15) is 0 Å². The third kappa shape index (κ3) is 9.62. The van der Waals surface area contributed by atoms with Crippen LogP contribution in [-0.4, -0.2) is 5.63 Å². The molecule has 0 spiro atoms. The fraction of sp³-hybridized carbons (Fsp3) is 0.333. The lowest BCUT2D eigenvalue weighted by Gasteiger charge is -1.88. The molecule has 0 aliphatic carbocycles. The second-order valence-electron chi connectivity index (χ2n) is 0.590. The Morgan fingerprint density at radius 3 is 1.50 bits per heavy atom. The number of alkyl halides is 2. The Morgan fingerprint density at radius 2 is 1.50 bits per heavy atom. The number of rotatable bonds is 1. The molecule has 0 aliphatic heterocycles. The van der Waals surface area contributed by atoms with E-state index in [9.17, 15) is 13.2 Å². The molecular formula is C3H3Cl2F3. The highest BCUT2D eigenvalue weighted by atomic mass is 35.5. The van der Waals surface area contributed by atoms with Gasteiger partial charge in [-0.25, -0.2) is 4.39 Å². The number of hydrogen-bond donors (Lipinski definition) is 0. The van der Waals surface area contributed by atoms with Crippen molar-refractivity contribution >= 4 is 23.2 Å². The van der Waals surface area contributed by atoms with E-state index < -0.39 is 12.1 Å². The monoisotopic (exact) mass is 166 g/mol. The summed E-state index contributed by atoms with van der Waals surface area (Å²) in [6.45, 7) is 0. The minimum absolute atomic E-state index is 2.39. The van der Waals surface area contributed by atoms with Gasteiger partial charge in [0.2, 0.25) is 5.63 Å². The predicted molar refractivity (Wildman–Crippen MR) is 27.4 cm³/mol. The first-order valence-corrected chi connectivity index (χ1v) is 2.34. The Labute approximate surface area is 55.6 Å². The molecule has 0 aromatic rings. The van der Waals surface area contributed by atoms with E-state index in [1.54, 1.807) is 0 Å². The number of hydrogen-bond acceptors (Lipinski definition) is 0. The van der Waals surface area contributed by atoms with Crippen LogP contribution in [-0.2, 0) is 0 Å². The molecule has 50 valence electrons. The lowest BCUT2D eigenvalue weighted by atomic mass is 10.8. The van der Waals surface area contributed by atoms with Crippen LogP contribution in [0.3, 0.4) is 0 Å². The average molecular weight is 167 g/mol. The van der Waals surface area contributed by atoms with Gasteiger partial charge in [-0.3, -0.25) is 0 Å². The molecule has 1 unspecified atom stereocenters. The standard InChI is InChI=1S/C2HClF3.CH2Cl/c3-1(4)2(5)6;1-2/h1H;1H2. The largest absolute Gasteiger partial charge is 0.358 e. The van der Waals surface area contributed by atoms with E-state index in [0.29, 0.717) is 0 Å². The van der Waals surface area contributed by atoms with Crippen LogP contribution in [0.15, 0.2) is 0 Å². The quantitative estimate of drug-likeness (QED) is 0.526. The summed E-state index contributed by atoms with van der Waals surface area (Å²) in [6, 6.07) is 0. The Balaban J connectivity index is 0. The Bertz CT molecular complexity index is 33.5. The molecule has 0 aliphatic rings. The first-order valence-electron chi connectivity index (χ1n) is 1.37. The maximum atomic E-state index is 10.8. The van der Waals surface area contributed by atoms with Gasteiger partial charge in [-0.1, -0.05) is 11.6 Å². The topological polar surface area (TPSA) is 0 Å². The normalized spacial score (nSPS) is 12.4. The lowest BCUT2D eigenvalue weighted by Crippen LogP contribution is -1.91. The van der Waals surface area contributed by atoms with Gasteiger partial charge in [0.05, 0.1) is 0 Å². The minimum Gasteiger partial charge on any atom is -0.223 e. The van der Waals surface area contributed by atoms with Crippen LogP contribution in [0.2, 0.25) is 0 Å². The van der Waals surface area contributed by atoms with E-state index in [1.807, 2.05) is 0 Å². The third-order valence-electron chi connectivity index (χ3n) is 0.165. The maximum absolute atomic E-state index is 10.8. The first kappa shape index (κ1) is 11.2. The van der Waals surface area contributed by atoms with Gasteiger partial charge < -0.3 is 0 Å². The molecule has 0 fully saturated rings. The second kappa shape index (κ2) is 7.37. The Morgan fingerprint density at radius 1 is 1.38 bits per heavy atom. The summed E-state index contributed by atoms with van der Waals surface area (Å²) in [5, 5.41) is 0. The van der Waals surface area contributed by atoms with E-state index >= 15 is 0 Å². The van der Waals surface area contributed by atoms with Crippen LogP contribution < -0.4 is 0 Å². The smallest absolute Gasteiger partial charge is 0.223 e. The molecule has 0 heterocycles. The molecule has 5 heteroatoms. The van der Waals surface area contributed by atoms with Gasteiger partial charge >= 0.3 is 6.43 Å². The van der Waals surface area contributed by atoms with Crippen LogP contribution in [0.4, 0.5) is 13.2 Å². The molecule has 0 N–H and O–H groups in total. The lowest BCUT2D eigenvalue weighted by molar-refractivity contribution is 0.209. The second-order valence-corrected chi connectivity index (χ2v) is 0.974. The fourth-order valence-corrected chi connectivity index (χ4v) is 0. The van der Waals surface area contributed by atoms with Crippen LogP contribution in [0.1, 0.15) is 0 Å². The summed E-state index contributed by atoms with van der Waals surface area (Å²) in [7, 11) is 0. The van der Waals surface area contributed by atoms with E-state index in [2.05, 4.69) is 29.6 Å². The molecule has 1 atom stereocenters. The first-order chi connectivity index (χ1) is 3.64. The highest BCUT2D eigenvalue weighted by molar-refractivity contribution is 6.20. The minimum atomic E-state index is -2.59. The fourth-order valence-electron chi connectivity index (χ4n) is 0. The molecule has 0 aromatic heterocycles. The predicted octanol–water partition coefficient (Wildman–Crippen LogP) is 2.97. The molecule has 8 heavy (non-hydrogen) atoms. The van der Waals surface area contributed by atoms with Gasteiger partial charge in [-0.05, 0) is 0 Å². The van der Waals surface area contributed by atoms with Crippen molar-refractivity contribution in [2.45, 2.75) is 5.63 Å². The maximum Gasteiger partial charge on any atom is 0.358 e. The summed E-state index contributed by atoms with van der Waals surface area (Å²) < 4.78 is 31.9. The van der Waals surface area contributed by atoms with E-state index in [-0.39, 0.29) is 0 Å². The average Bonchev–Trinajstić information content (AvgIpc) is 1.72. The van der Waals surface area contributed by atoms with E-state index in [1.165, 1.54) is 0 Å². The molecule has 0 nitrogen and oxygen atoms in total. The van der Waals surface area contributed by atoms with Crippen LogP contribution >= 0.6 is 23.2 Å². The highest BCUT2D eigenvalue weighted by Gasteiger charge is 2.16. The van der Waals surface area contributed by atoms with Crippen molar-refractivity contribution < 1.29 is 13.2 Å². The Hall–Kier alpha value is 0.370. The van der Waals surface area contributed by atoms with E-state index in [0.717, 1.165) is 0 Å². The van der Waals surface area contributed by atoms with Crippen molar-refractivity contribution in [3.8, 4) is 0 Å². The van der Waals surface area contributed by atoms with Crippen LogP contribution in [0.25, 0.3) is 0 Å². The molecular weight excluding hydrogens is 164 g/mol. The molecule has 0 saturated carbocycles. The molecule has 2 radical (unpaired) electrons. The Kier molecular flexibility index (Phi) is 10.3. The summed E-state index contributed by atoms with van der Waals surface area (Å²) in [5.74, 6) is 0. The van der Waals surface area contributed by atoms with Crippen molar-refractivity contribution in [2.75, 3.05) is 0 Å². The zero-order valence-corrected chi connectivity index (χ0v) is 5.19. The van der Waals surface area contributed by atoms with Gasteiger partial charge in [0.25, 0.3) is 0 Å². The molecule has 0 amide bonds. The van der Waals surface area contributed by atoms with Crippen molar-refractivity contribution in [3.63, 3.8) is 0 Å². The SMILES string of the molecule is F[C](F)C(F)Cl.[CH2]Cl. The summed E-state index contributed by atoms with van der Waals surface area (Å²) in [5.41, 5.74) is -2.59. The molecule has 0 rings (SSSR count). The van der Waals surface area contributed by atoms with Crippen molar-refractivity contribution in [1.82, 2.24) is 0 Å². The summed E-state index contributed by atoms with van der Waals surface area (Å²) in [6.07, 6.45) is 0.330. The van der Waals surface area contributed by atoms with Gasteiger partial charge in [0.15, 0.2) is 0 Å². The number of halogens is 5. The molecule has 0 aromatic carbocycles. The molecule has 0 bridgehead atoms. The van der Waals surface area contributed by atoms with Gasteiger partial charge in [0, 0.05) is 6.38 Å². The zero-order chi connectivity index (χ0) is 7.15. The molecule has 0 saturated heterocycles. The van der Waals surface area contributed by atoms with Gasteiger partial charge in [-0.15, -0.1) is 11.6 Å². The van der Waals surface area contributed by atoms with Crippen LogP contribution in [0, 0.1) is 12.8 Å². The zero-order valence-electron chi connectivity index (χ0n) is 3.67. The van der Waals surface area contributed by atoms with Crippen molar-refractivity contribution in [2.24, 2.45) is 0 Å². The van der Waals surface area contributed by atoms with E-state index in [4.69, 9.17) is 0 Å². The highest BCUT2D eigenvalue weighted by Crippen LogP contribution is 2.15. The summed E-state index contributed by atoms with van der Waals surface area (Å²) >= 11 is 8.55. The van der Waals surface area contributed by atoms with Crippen molar-refractivity contribution in [1.29, 1.82) is 0 Å².